The van der Waals surface area contributed by atoms with Gasteiger partial charge in [0.05, 0.1) is 0 Å². The summed E-state index contributed by atoms with van der Waals surface area (Å²) >= 11 is 0. The van der Waals surface area contributed by atoms with E-state index in [9.17, 15) is 9.90 Å². The Morgan fingerprint density at radius 2 is 1.69 bits per heavy atom. The van der Waals surface area contributed by atoms with Crippen LogP contribution in [0.2, 0.25) is 0 Å². The lowest BCUT2D eigenvalue weighted by Crippen LogP contribution is -2.49. The highest BCUT2D eigenvalue weighted by atomic mass is 16.3. The first-order valence-corrected chi connectivity index (χ1v) is 13.8. The minimum Gasteiger partial charge on any atom is -0.508 e. The number of carbonyl (C=O) groups is 1. The molecule has 5 nitrogen and oxygen atoms in total. The normalized spacial score (nSPS) is 24.9. The second kappa shape index (κ2) is 11.5. The van der Waals surface area contributed by atoms with Gasteiger partial charge in [-0.1, -0.05) is 61.7 Å². The van der Waals surface area contributed by atoms with Crippen molar-refractivity contribution in [2.24, 2.45) is 5.92 Å². The maximum Gasteiger partial charge on any atom is 0.317 e. The van der Waals surface area contributed by atoms with Gasteiger partial charge in [0.25, 0.3) is 0 Å². The fourth-order valence-corrected chi connectivity index (χ4v) is 6.77. The van der Waals surface area contributed by atoms with E-state index < -0.39 is 0 Å². The van der Waals surface area contributed by atoms with Gasteiger partial charge in [-0.15, -0.1) is 0 Å². The molecule has 35 heavy (non-hydrogen) atoms. The molecule has 5 rings (SSSR count). The number of piperidine rings is 1. The molecule has 0 aromatic heterocycles. The van der Waals surface area contributed by atoms with Crippen LogP contribution < -0.4 is 5.32 Å². The first kappa shape index (κ1) is 24.2. The van der Waals surface area contributed by atoms with E-state index in [2.05, 4.69) is 33.3 Å². The first-order chi connectivity index (χ1) is 17.2. The number of amides is 2. The SMILES string of the molecule is O=C(NCc1ccccc1)N(CCN1C2CCC1CC(c1cccc(O)c1)C2)CC1CCCCC1. The summed E-state index contributed by atoms with van der Waals surface area (Å²) in [5.41, 5.74) is 2.42. The number of phenolic OH excluding ortho intramolecular Hbond substituents is 1. The predicted molar refractivity (Wildman–Crippen MR) is 140 cm³/mol. The zero-order valence-electron chi connectivity index (χ0n) is 20.9. The van der Waals surface area contributed by atoms with Crippen molar-refractivity contribution in [2.45, 2.75) is 82.3 Å². The van der Waals surface area contributed by atoms with Crippen molar-refractivity contribution in [3.63, 3.8) is 0 Å². The molecular formula is C30H41N3O2. The summed E-state index contributed by atoms with van der Waals surface area (Å²) in [4.78, 5) is 18.1. The predicted octanol–water partition coefficient (Wildman–Crippen LogP) is 5.89. The van der Waals surface area contributed by atoms with E-state index in [1.165, 1.54) is 50.5 Å². The van der Waals surface area contributed by atoms with Crippen molar-refractivity contribution in [1.82, 2.24) is 15.1 Å². The zero-order valence-corrected chi connectivity index (χ0v) is 20.9. The molecule has 2 aromatic carbocycles. The summed E-state index contributed by atoms with van der Waals surface area (Å²) in [5, 5.41) is 13.1. The van der Waals surface area contributed by atoms with Gasteiger partial charge in [0.2, 0.25) is 0 Å². The van der Waals surface area contributed by atoms with Gasteiger partial charge in [-0.25, -0.2) is 4.79 Å². The van der Waals surface area contributed by atoms with Crippen molar-refractivity contribution in [3.8, 4) is 5.75 Å². The number of nitrogens with zero attached hydrogens (tertiary/aromatic N) is 2. The molecule has 2 amide bonds. The molecule has 1 aliphatic carbocycles. The lowest BCUT2D eigenvalue weighted by Gasteiger charge is -2.40. The van der Waals surface area contributed by atoms with Crippen molar-refractivity contribution < 1.29 is 9.90 Å². The summed E-state index contributed by atoms with van der Waals surface area (Å²) in [6, 6.07) is 19.3. The molecule has 188 valence electrons. The summed E-state index contributed by atoms with van der Waals surface area (Å²) < 4.78 is 0. The number of nitrogens with one attached hydrogen (secondary N) is 1. The number of aromatic hydroxyl groups is 1. The van der Waals surface area contributed by atoms with Crippen LogP contribution >= 0.6 is 0 Å². The quantitative estimate of drug-likeness (QED) is 0.500. The fraction of sp³-hybridized carbons (Fsp3) is 0.567. The third-order valence-corrected chi connectivity index (χ3v) is 8.63. The van der Waals surface area contributed by atoms with E-state index >= 15 is 0 Å². The lowest BCUT2D eigenvalue weighted by molar-refractivity contribution is 0.106. The summed E-state index contributed by atoms with van der Waals surface area (Å²) in [6.45, 7) is 3.24. The van der Waals surface area contributed by atoms with Crippen LogP contribution in [-0.4, -0.2) is 52.7 Å². The van der Waals surface area contributed by atoms with Crippen molar-refractivity contribution in [1.29, 1.82) is 0 Å². The topological polar surface area (TPSA) is 55.8 Å². The summed E-state index contributed by atoms with van der Waals surface area (Å²) in [5.74, 6) is 1.54. The molecule has 2 N–H and O–H groups in total. The highest BCUT2D eigenvalue weighted by Gasteiger charge is 2.41. The Bertz CT molecular complexity index is 945. The number of phenols is 1. The summed E-state index contributed by atoms with van der Waals surface area (Å²) in [6.07, 6.45) is 11.3. The molecule has 2 aliphatic heterocycles. The Balaban J connectivity index is 1.19. The molecule has 2 bridgehead atoms. The fourth-order valence-electron chi connectivity index (χ4n) is 6.77. The smallest absolute Gasteiger partial charge is 0.317 e. The van der Waals surface area contributed by atoms with Crippen LogP contribution in [0.15, 0.2) is 54.6 Å². The molecule has 0 radical (unpaired) electrons. The van der Waals surface area contributed by atoms with Gasteiger partial charge >= 0.3 is 6.03 Å². The molecule has 2 saturated heterocycles. The van der Waals surface area contributed by atoms with Crippen molar-refractivity contribution in [2.75, 3.05) is 19.6 Å². The molecular weight excluding hydrogens is 434 g/mol. The van der Waals surface area contributed by atoms with Gasteiger partial charge in [-0.2, -0.15) is 0 Å². The van der Waals surface area contributed by atoms with Crippen molar-refractivity contribution >= 4 is 6.03 Å². The van der Waals surface area contributed by atoms with Gasteiger partial charge in [0.15, 0.2) is 0 Å². The van der Waals surface area contributed by atoms with E-state index in [4.69, 9.17) is 0 Å². The molecule has 2 atom stereocenters. The third kappa shape index (κ3) is 6.19. The number of fused-ring (bicyclic) bond motifs is 2. The number of rotatable bonds is 8. The van der Waals surface area contributed by atoms with Crippen LogP contribution in [0.3, 0.4) is 0 Å². The Morgan fingerprint density at radius 3 is 2.40 bits per heavy atom. The van der Waals surface area contributed by atoms with Crippen LogP contribution in [0.5, 0.6) is 5.75 Å². The van der Waals surface area contributed by atoms with E-state index in [1.54, 1.807) is 6.07 Å². The van der Waals surface area contributed by atoms with E-state index in [0.29, 0.717) is 36.2 Å². The van der Waals surface area contributed by atoms with E-state index in [1.807, 2.05) is 30.3 Å². The largest absolute Gasteiger partial charge is 0.508 e. The molecule has 0 spiro atoms. The minimum absolute atomic E-state index is 0.0846. The second-order valence-corrected chi connectivity index (χ2v) is 11.0. The summed E-state index contributed by atoms with van der Waals surface area (Å²) in [7, 11) is 0. The van der Waals surface area contributed by atoms with Crippen LogP contribution in [0, 0.1) is 5.92 Å². The van der Waals surface area contributed by atoms with Gasteiger partial charge in [0.1, 0.15) is 5.75 Å². The standard InChI is InChI=1S/C30H41N3O2/c34-29-13-7-12-25(20-29)26-18-27-14-15-28(19-26)33(27)17-16-32(22-24-10-5-2-6-11-24)30(35)31-21-23-8-3-1-4-9-23/h1,3-4,7-9,12-13,20,24,26-28,34H,2,5-6,10-11,14-19,21-22H2,(H,31,35). The average Bonchev–Trinajstić information content (AvgIpc) is 3.12. The zero-order chi connectivity index (χ0) is 24.0. The molecule has 2 unspecified atom stereocenters. The van der Waals surface area contributed by atoms with Gasteiger partial charge < -0.3 is 15.3 Å². The van der Waals surface area contributed by atoms with E-state index in [-0.39, 0.29) is 6.03 Å². The van der Waals surface area contributed by atoms with Gasteiger partial charge in [-0.05, 0) is 73.6 Å². The highest BCUT2D eigenvalue weighted by molar-refractivity contribution is 5.74. The number of benzene rings is 2. The maximum atomic E-state index is 13.3. The Morgan fingerprint density at radius 1 is 0.943 bits per heavy atom. The van der Waals surface area contributed by atoms with Gasteiger partial charge in [0, 0.05) is 38.3 Å². The maximum absolute atomic E-state index is 13.3. The van der Waals surface area contributed by atoms with E-state index in [0.717, 1.165) is 38.0 Å². The number of urea groups is 1. The Kier molecular flexibility index (Phi) is 7.92. The Labute approximate surface area is 210 Å². The molecule has 3 aliphatic rings. The monoisotopic (exact) mass is 475 g/mol. The third-order valence-electron chi connectivity index (χ3n) is 8.63. The molecule has 2 aromatic rings. The van der Waals surface area contributed by atoms with Crippen LogP contribution in [0.1, 0.15) is 74.8 Å². The van der Waals surface area contributed by atoms with Crippen LogP contribution in [0.25, 0.3) is 0 Å². The average molecular weight is 476 g/mol. The highest BCUT2D eigenvalue weighted by Crippen LogP contribution is 2.43. The number of hydrogen-bond donors (Lipinski definition) is 2. The van der Waals surface area contributed by atoms with Crippen LogP contribution in [-0.2, 0) is 6.54 Å². The number of hydrogen-bond acceptors (Lipinski definition) is 3. The first-order valence-electron chi connectivity index (χ1n) is 13.8. The molecule has 2 heterocycles. The Hall–Kier alpha value is -2.53. The number of carbonyl (C=O) groups excluding carboxylic acids is 1. The lowest BCUT2D eigenvalue weighted by atomic mass is 9.85. The van der Waals surface area contributed by atoms with Crippen molar-refractivity contribution in [3.05, 3.63) is 65.7 Å². The molecule has 1 saturated carbocycles. The van der Waals surface area contributed by atoms with Gasteiger partial charge in [-0.3, -0.25) is 4.90 Å². The molecule has 3 fully saturated rings. The minimum atomic E-state index is 0.0846. The second-order valence-electron chi connectivity index (χ2n) is 11.0. The van der Waals surface area contributed by atoms with Crippen LogP contribution in [0.4, 0.5) is 4.79 Å². The molecule has 5 heteroatoms.